The van der Waals surface area contributed by atoms with Crippen LogP contribution in [0.5, 0.6) is 0 Å². The Bertz CT molecular complexity index is 3990. The fourth-order valence-electron chi connectivity index (χ4n) is 10.3. The first kappa shape index (κ1) is 31.9. The number of fused-ring (bicyclic) bond motifs is 12. The van der Waals surface area contributed by atoms with E-state index in [1.165, 1.54) is 81.8 Å². The molecule has 0 unspecified atom stereocenters. The van der Waals surface area contributed by atoms with Crippen molar-refractivity contribution < 1.29 is 0 Å². The van der Waals surface area contributed by atoms with Crippen LogP contribution in [0.25, 0.3) is 132 Å². The SMILES string of the molecule is c1ccc2c(c1)-c1cccc3c(-c4nc5ccccc5nc4-n4c5ccccc5c5cc6ccc(-n7c8ccccc8c8cc9ccccc9cc87)cc6cc54)ccc-2c13. The number of nitrogens with zero attached hydrogens (tertiary/aromatic N) is 4. The zero-order chi connectivity index (χ0) is 39.1. The topological polar surface area (TPSA) is 35.6 Å². The van der Waals surface area contributed by atoms with E-state index in [2.05, 4.69) is 203 Å². The second-order valence-electron chi connectivity index (χ2n) is 16.1. The van der Waals surface area contributed by atoms with Crippen LogP contribution < -0.4 is 0 Å². The first-order chi connectivity index (χ1) is 29.7. The monoisotopic (exact) mass is 760 g/mol. The molecule has 60 heavy (non-hydrogen) atoms. The summed E-state index contributed by atoms with van der Waals surface area (Å²) in [6.45, 7) is 0. The minimum atomic E-state index is 0.820. The smallest absolute Gasteiger partial charge is 0.165 e. The minimum absolute atomic E-state index is 0.820. The molecule has 0 bridgehead atoms. The van der Waals surface area contributed by atoms with E-state index in [1.54, 1.807) is 0 Å². The molecule has 10 aromatic carbocycles. The summed E-state index contributed by atoms with van der Waals surface area (Å²) >= 11 is 0. The summed E-state index contributed by atoms with van der Waals surface area (Å²) in [4.78, 5) is 11.0. The van der Waals surface area contributed by atoms with Gasteiger partial charge in [0.2, 0.25) is 0 Å². The summed E-state index contributed by atoms with van der Waals surface area (Å²) in [6.07, 6.45) is 0. The number of benzene rings is 10. The van der Waals surface area contributed by atoms with Gasteiger partial charge in [-0.25, -0.2) is 9.97 Å². The standard InChI is InChI=1S/C56H32N4/c1-2-13-34-31-52-46(29-33(34)12-1)40-16-5-9-22-50(40)59(52)37-25-24-35-30-47-41-17-6-10-23-51(41)60(53(47)32-36(35)28-37)56-55(57-48-20-7-8-21-49(48)58-56)45-27-26-44-39-15-4-3-14-38(39)42-18-11-19-43(45)54(42)44/h1-32H. The molecular formula is C56H32N4. The van der Waals surface area contributed by atoms with Crippen LogP contribution in [0, 0.1) is 0 Å². The van der Waals surface area contributed by atoms with Gasteiger partial charge in [0, 0.05) is 32.8 Å². The molecule has 3 aromatic heterocycles. The van der Waals surface area contributed by atoms with Crippen LogP contribution in [-0.2, 0) is 0 Å². The molecule has 0 spiro atoms. The van der Waals surface area contributed by atoms with Crippen molar-refractivity contribution in [1.29, 1.82) is 0 Å². The molecule has 276 valence electrons. The number of hydrogen-bond acceptors (Lipinski definition) is 2. The quantitative estimate of drug-likeness (QED) is 0.180. The molecule has 0 atom stereocenters. The maximum Gasteiger partial charge on any atom is 0.165 e. The van der Waals surface area contributed by atoms with Crippen molar-refractivity contribution in [3.05, 3.63) is 194 Å². The van der Waals surface area contributed by atoms with Gasteiger partial charge in [0.05, 0.1) is 33.1 Å². The van der Waals surface area contributed by atoms with Gasteiger partial charge < -0.3 is 4.57 Å². The molecule has 1 aliphatic carbocycles. The van der Waals surface area contributed by atoms with Crippen molar-refractivity contribution in [1.82, 2.24) is 19.1 Å². The summed E-state index contributed by atoms with van der Waals surface area (Å²) in [5.41, 5.74) is 14.5. The van der Waals surface area contributed by atoms with Gasteiger partial charge in [-0.05, 0) is 115 Å². The third-order valence-electron chi connectivity index (χ3n) is 13.0. The third kappa shape index (κ3) is 4.29. The highest BCUT2D eigenvalue weighted by atomic mass is 15.1. The molecule has 13 aromatic rings. The van der Waals surface area contributed by atoms with Crippen molar-refractivity contribution in [3.8, 4) is 45.0 Å². The van der Waals surface area contributed by atoms with E-state index in [4.69, 9.17) is 9.97 Å². The van der Waals surface area contributed by atoms with E-state index >= 15 is 0 Å². The predicted octanol–water partition coefficient (Wildman–Crippen LogP) is 14.6. The molecule has 0 amide bonds. The Hall–Kier alpha value is -8.08. The first-order valence-corrected chi connectivity index (χ1v) is 20.6. The average Bonchev–Trinajstić information content (AvgIpc) is 3.93. The molecule has 0 fully saturated rings. The van der Waals surface area contributed by atoms with Gasteiger partial charge >= 0.3 is 0 Å². The second-order valence-corrected chi connectivity index (χ2v) is 16.1. The summed E-state index contributed by atoms with van der Waals surface area (Å²) in [7, 11) is 0. The van der Waals surface area contributed by atoms with Gasteiger partial charge in [-0.1, -0.05) is 133 Å². The van der Waals surface area contributed by atoms with Crippen LogP contribution in [0.4, 0.5) is 0 Å². The minimum Gasteiger partial charge on any atom is -0.309 e. The summed E-state index contributed by atoms with van der Waals surface area (Å²) < 4.78 is 4.78. The van der Waals surface area contributed by atoms with Crippen molar-refractivity contribution in [2.75, 3.05) is 0 Å². The van der Waals surface area contributed by atoms with E-state index in [0.717, 1.165) is 50.2 Å². The van der Waals surface area contributed by atoms with E-state index in [9.17, 15) is 0 Å². The van der Waals surface area contributed by atoms with Gasteiger partial charge in [0.1, 0.15) is 5.69 Å². The Balaban J connectivity index is 1.05. The lowest BCUT2D eigenvalue weighted by atomic mass is 9.96. The maximum atomic E-state index is 5.53. The zero-order valence-electron chi connectivity index (χ0n) is 32.3. The summed E-state index contributed by atoms with van der Waals surface area (Å²) in [5.74, 6) is 0.820. The highest BCUT2D eigenvalue weighted by molar-refractivity contribution is 6.20. The number of para-hydroxylation sites is 4. The Labute approximate surface area is 343 Å². The number of hydrogen-bond donors (Lipinski definition) is 0. The highest BCUT2D eigenvalue weighted by Crippen LogP contribution is 2.50. The number of rotatable bonds is 3. The van der Waals surface area contributed by atoms with Crippen LogP contribution in [0.15, 0.2) is 194 Å². The molecule has 0 N–H and O–H groups in total. The Kier molecular flexibility index (Phi) is 6.26. The molecule has 1 aliphatic rings. The lowest BCUT2D eigenvalue weighted by molar-refractivity contribution is 1.08. The van der Waals surface area contributed by atoms with E-state index in [1.807, 2.05) is 0 Å². The maximum absolute atomic E-state index is 5.53. The average molecular weight is 761 g/mol. The van der Waals surface area contributed by atoms with Gasteiger partial charge in [-0.2, -0.15) is 0 Å². The largest absolute Gasteiger partial charge is 0.309 e. The highest BCUT2D eigenvalue weighted by Gasteiger charge is 2.26. The summed E-state index contributed by atoms with van der Waals surface area (Å²) in [6, 6.07) is 70.7. The van der Waals surface area contributed by atoms with Crippen LogP contribution in [-0.4, -0.2) is 19.1 Å². The van der Waals surface area contributed by atoms with Crippen molar-refractivity contribution in [2.24, 2.45) is 0 Å². The van der Waals surface area contributed by atoms with Crippen molar-refractivity contribution in [3.63, 3.8) is 0 Å². The lowest BCUT2D eigenvalue weighted by Gasteiger charge is -2.16. The van der Waals surface area contributed by atoms with Gasteiger partial charge in [0.25, 0.3) is 0 Å². The summed E-state index contributed by atoms with van der Waals surface area (Å²) in [5, 5.41) is 12.2. The van der Waals surface area contributed by atoms with Crippen molar-refractivity contribution >= 4 is 87.0 Å². The van der Waals surface area contributed by atoms with Gasteiger partial charge in [-0.15, -0.1) is 0 Å². The van der Waals surface area contributed by atoms with Crippen molar-refractivity contribution in [2.45, 2.75) is 0 Å². The first-order valence-electron chi connectivity index (χ1n) is 20.6. The fraction of sp³-hybridized carbons (Fsp3) is 0. The second kappa shape index (κ2) is 11.8. The predicted molar refractivity (Wildman–Crippen MR) is 251 cm³/mol. The molecule has 14 rings (SSSR count). The Morgan fingerprint density at radius 3 is 1.60 bits per heavy atom. The Morgan fingerprint density at radius 2 is 0.833 bits per heavy atom. The lowest BCUT2D eigenvalue weighted by Crippen LogP contribution is -2.04. The van der Waals surface area contributed by atoms with E-state index in [0.29, 0.717) is 0 Å². The molecular weight excluding hydrogens is 729 g/mol. The molecule has 4 heteroatoms. The fourth-order valence-corrected chi connectivity index (χ4v) is 10.3. The van der Waals surface area contributed by atoms with Crippen LogP contribution in [0.3, 0.4) is 0 Å². The molecule has 0 saturated carbocycles. The number of aromatic nitrogens is 4. The zero-order valence-corrected chi connectivity index (χ0v) is 32.3. The third-order valence-corrected chi connectivity index (χ3v) is 13.0. The molecule has 3 heterocycles. The Morgan fingerprint density at radius 1 is 0.300 bits per heavy atom. The van der Waals surface area contributed by atoms with E-state index in [-0.39, 0.29) is 0 Å². The van der Waals surface area contributed by atoms with Crippen LogP contribution in [0.1, 0.15) is 0 Å². The van der Waals surface area contributed by atoms with Gasteiger partial charge in [-0.3, -0.25) is 4.57 Å². The normalized spacial score (nSPS) is 12.3. The van der Waals surface area contributed by atoms with Crippen LogP contribution in [0.2, 0.25) is 0 Å². The molecule has 0 saturated heterocycles. The molecule has 0 aliphatic heterocycles. The molecule has 0 radical (unpaired) electrons. The van der Waals surface area contributed by atoms with Crippen LogP contribution >= 0.6 is 0 Å². The molecule has 4 nitrogen and oxygen atoms in total. The van der Waals surface area contributed by atoms with Gasteiger partial charge in [0.15, 0.2) is 5.82 Å². The van der Waals surface area contributed by atoms with E-state index < -0.39 is 0 Å².